The number of alkyl halides is 2. The second-order valence-electron chi connectivity index (χ2n) is 6.46. The van der Waals surface area contributed by atoms with Crippen LogP contribution in [-0.4, -0.2) is 21.7 Å². The Balaban J connectivity index is 2.00. The molecule has 0 fully saturated rings. The number of rotatable bonds is 8. The average molecular weight is 377 g/mol. The van der Waals surface area contributed by atoms with Gasteiger partial charge in [-0.25, -0.2) is 24.3 Å². The number of aromatic nitrogens is 2. The van der Waals surface area contributed by atoms with E-state index in [1.165, 1.54) is 36.8 Å². The lowest BCUT2D eigenvalue weighted by Gasteiger charge is -2.16. The Bertz CT molecular complexity index is 812. The van der Waals surface area contributed by atoms with E-state index in [9.17, 15) is 13.9 Å². The SMILES string of the molecule is CC(C)(O)c1cnc(OC/C(=C/Nc2cccc(C(C)(F)F)c2)N=N)nc1. The Morgan fingerprint density at radius 3 is 2.48 bits per heavy atom. The first-order valence-electron chi connectivity index (χ1n) is 8.08. The quantitative estimate of drug-likeness (QED) is 0.599. The number of hydrogen-bond acceptors (Lipinski definition) is 7. The summed E-state index contributed by atoms with van der Waals surface area (Å²) >= 11 is 0. The second kappa shape index (κ2) is 8.17. The molecular weight excluding hydrogens is 356 g/mol. The minimum absolute atomic E-state index is 0.0603. The lowest BCUT2D eigenvalue weighted by Crippen LogP contribution is -2.16. The number of nitrogens with one attached hydrogen (secondary N) is 2. The van der Waals surface area contributed by atoms with Crippen molar-refractivity contribution < 1.29 is 18.6 Å². The van der Waals surface area contributed by atoms with E-state index < -0.39 is 11.5 Å². The molecule has 0 aliphatic rings. The van der Waals surface area contributed by atoms with Crippen molar-refractivity contribution in [1.29, 1.82) is 5.53 Å². The van der Waals surface area contributed by atoms with Crippen molar-refractivity contribution in [3.05, 3.63) is 59.7 Å². The first kappa shape index (κ1) is 20.4. The van der Waals surface area contributed by atoms with Crippen LogP contribution in [0.5, 0.6) is 6.01 Å². The summed E-state index contributed by atoms with van der Waals surface area (Å²) in [5, 5.41) is 16.0. The van der Waals surface area contributed by atoms with Gasteiger partial charge in [-0.05, 0) is 26.0 Å². The van der Waals surface area contributed by atoms with Gasteiger partial charge in [0.1, 0.15) is 12.3 Å². The standard InChI is InChI=1S/C18H21F2N5O2/c1-17(2,26)13-8-23-16(24-9-13)27-11-15(25-21)10-22-14-6-4-5-12(7-14)18(3,19)20/h4-10,21-22,26H,11H2,1-3H3/b15-10-,25-21?. The van der Waals surface area contributed by atoms with Crippen molar-refractivity contribution in [2.45, 2.75) is 32.3 Å². The normalized spacial score (nSPS) is 12.6. The van der Waals surface area contributed by atoms with Gasteiger partial charge >= 0.3 is 6.01 Å². The van der Waals surface area contributed by atoms with Gasteiger partial charge in [0, 0.05) is 42.3 Å². The predicted octanol–water partition coefficient (Wildman–Crippen LogP) is 4.18. The Morgan fingerprint density at radius 1 is 1.26 bits per heavy atom. The zero-order valence-corrected chi connectivity index (χ0v) is 15.2. The fourth-order valence-electron chi connectivity index (χ4n) is 2.00. The van der Waals surface area contributed by atoms with E-state index in [4.69, 9.17) is 10.3 Å². The first-order chi connectivity index (χ1) is 12.6. The van der Waals surface area contributed by atoms with E-state index in [1.54, 1.807) is 19.9 Å². The fourth-order valence-corrected chi connectivity index (χ4v) is 2.00. The van der Waals surface area contributed by atoms with Crippen LogP contribution in [0.4, 0.5) is 14.5 Å². The van der Waals surface area contributed by atoms with Crippen LogP contribution in [0.3, 0.4) is 0 Å². The Morgan fingerprint density at radius 2 is 1.93 bits per heavy atom. The van der Waals surface area contributed by atoms with Crippen molar-refractivity contribution in [3.8, 4) is 6.01 Å². The van der Waals surface area contributed by atoms with Crippen molar-refractivity contribution in [3.63, 3.8) is 0 Å². The molecule has 3 N–H and O–H groups in total. The van der Waals surface area contributed by atoms with Crippen LogP contribution in [0, 0.1) is 5.53 Å². The van der Waals surface area contributed by atoms with E-state index in [1.807, 2.05) is 0 Å². The smallest absolute Gasteiger partial charge is 0.316 e. The van der Waals surface area contributed by atoms with E-state index in [2.05, 4.69) is 20.4 Å². The van der Waals surface area contributed by atoms with Crippen molar-refractivity contribution in [2.75, 3.05) is 11.9 Å². The number of anilines is 1. The summed E-state index contributed by atoms with van der Waals surface area (Å²) in [5.74, 6) is -2.94. The summed E-state index contributed by atoms with van der Waals surface area (Å²) < 4.78 is 32.1. The van der Waals surface area contributed by atoms with Crippen LogP contribution in [0.1, 0.15) is 31.9 Å². The topological polar surface area (TPSA) is 103 Å². The molecule has 9 heteroatoms. The molecule has 1 aromatic carbocycles. The number of aliphatic hydroxyl groups is 1. The monoisotopic (exact) mass is 377 g/mol. The van der Waals surface area contributed by atoms with Gasteiger partial charge in [-0.3, -0.25) is 0 Å². The number of nitrogens with zero attached hydrogens (tertiary/aromatic N) is 3. The largest absolute Gasteiger partial charge is 0.457 e. The van der Waals surface area contributed by atoms with Gasteiger partial charge in [-0.15, -0.1) is 0 Å². The molecule has 2 aromatic rings. The molecule has 144 valence electrons. The molecule has 27 heavy (non-hydrogen) atoms. The fraction of sp³-hybridized carbons (Fsp3) is 0.333. The maximum absolute atomic E-state index is 13.4. The molecule has 1 aromatic heterocycles. The summed E-state index contributed by atoms with van der Waals surface area (Å²) in [7, 11) is 0. The minimum Gasteiger partial charge on any atom is -0.457 e. The summed E-state index contributed by atoms with van der Waals surface area (Å²) in [6.45, 7) is 3.95. The first-order valence-corrected chi connectivity index (χ1v) is 8.08. The molecule has 0 saturated heterocycles. The minimum atomic E-state index is -2.94. The molecule has 0 radical (unpaired) electrons. The van der Waals surface area contributed by atoms with Gasteiger partial charge in [0.15, 0.2) is 0 Å². The zero-order chi connectivity index (χ0) is 20.1. The van der Waals surface area contributed by atoms with Crippen LogP contribution >= 0.6 is 0 Å². The number of hydrogen-bond donors (Lipinski definition) is 3. The van der Waals surface area contributed by atoms with Gasteiger partial charge in [-0.2, -0.15) is 5.11 Å². The number of ether oxygens (including phenoxy) is 1. The molecule has 0 unspecified atom stereocenters. The maximum atomic E-state index is 13.4. The Hall–Kier alpha value is -2.94. The molecule has 0 aliphatic carbocycles. The highest BCUT2D eigenvalue weighted by Crippen LogP contribution is 2.28. The average Bonchev–Trinajstić information content (AvgIpc) is 2.61. The van der Waals surface area contributed by atoms with E-state index in [0.717, 1.165) is 6.92 Å². The summed E-state index contributed by atoms with van der Waals surface area (Å²) in [4.78, 5) is 7.96. The van der Waals surface area contributed by atoms with Gasteiger partial charge in [-0.1, -0.05) is 12.1 Å². The second-order valence-corrected chi connectivity index (χ2v) is 6.46. The predicted molar refractivity (Wildman–Crippen MR) is 95.6 cm³/mol. The molecular formula is C18H21F2N5O2. The molecule has 0 bridgehead atoms. The molecule has 2 rings (SSSR count). The summed E-state index contributed by atoms with van der Waals surface area (Å²) in [6.07, 6.45) is 4.27. The van der Waals surface area contributed by atoms with Crippen LogP contribution in [-0.2, 0) is 11.5 Å². The third-order valence-electron chi connectivity index (χ3n) is 3.60. The molecule has 0 amide bonds. The molecule has 0 atom stereocenters. The molecule has 7 nitrogen and oxygen atoms in total. The van der Waals surface area contributed by atoms with E-state index in [-0.39, 0.29) is 23.9 Å². The highest BCUT2D eigenvalue weighted by molar-refractivity contribution is 5.49. The van der Waals surface area contributed by atoms with Crippen LogP contribution in [0.2, 0.25) is 0 Å². The van der Waals surface area contributed by atoms with Crippen LogP contribution in [0.25, 0.3) is 0 Å². The van der Waals surface area contributed by atoms with Crippen molar-refractivity contribution in [1.82, 2.24) is 9.97 Å². The molecule has 0 saturated carbocycles. The van der Waals surface area contributed by atoms with Crippen LogP contribution < -0.4 is 10.1 Å². The Kier molecular flexibility index (Phi) is 6.17. The highest BCUT2D eigenvalue weighted by atomic mass is 19.3. The van der Waals surface area contributed by atoms with Crippen molar-refractivity contribution >= 4 is 5.69 Å². The van der Waals surface area contributed by atoms with Crippen molar-refractivity contribution in [2.24, 2.45) is 5.11 Å². The molecule has 0 spiro atoms. The summed E-state index contributed by atoms with van der Waals surface area (Å²) in [5.41, 5.74) is 7.18. The third-order valence-corrected chi connectivity index (χ3v) is 3.60. The number of benzene rings is 1. The van der Waals surface area contributed by atoms with E-state index in [0.29, 0.717) is 11.3 Å². The Labute approximate surface area is 155 Å². The summed E-state index contributed by atoms with van der Waals surface area (Å²) in [6, 6.07) is 5.84. The lowest BCUT2D eigenvalue weighted by molar-refractivity contribution is 0.0175. The van der Waals surface area contributed by atoms with Gasteiger partial charge in [0.05, 0.1) is 5.60 Å². The lowest BCUT2D eigenvalue weighted by atomic mass is 10.0. The van der Waals surface area contributed by atoms with Crippen LogP contribution in [0.15, 0.2) is 53.7 Å². The van der Waals surface area contributed by atoms with Gasteiger partial charge in [0.2, 0.25) is 0 Å². The molecule has 0 aliphatic heterocycles. The van der Waals surface area contributed by atoms with E-state index >= 15 is 0 Å². The van der Waals surface area contributed by atoms with Gasteiger partial charge < -0.3 is 15.2 Å². The maximum Gasteiger partial charge on any atom is 0.316 e. The highest BCUT2D eigenvalue weighted by Gasteiger charge is 2.24. The number of halogens is 2. The van der Waals surface area contributed by atoms with Gasteiger partial charge in [0.25, 0.3) is 5.92 Å². The molecule has 1 heterocycles. The zero-order valence-electron chi connectivity index (χ0n) is 15.2. The third kappa shape index (κ3) is 6.07.